The fraction of sp³-hybridized carbons (Fsp3) is 0.750. The van der Waals surface area contributed by atoms with Crippen molar-refractivity contribution in [3.8, 4) is 0 Å². The van der Waals surface area contributed by atoms with Crippen LogP contribution in [0.25, 0.3) is 0 Å². The third-order valence-electron chi connectivity index (χ3n) is 13.6. The van der Waals surface area contributed by atoms with Crippen LogP contribution >= 0.6 is 0 Å². The van der Waals surface area contributed by atoms with E-state index in [1.165, 1.54) is 161 Å². The van der Waals surface area contributed by atoms with E-state index >= 15 is 0 Å². The Hall–Kier alpha value is -3.41. The van der Waals surface area contributed by atoms with Crippen LogP contribution in [0.5, 0.6) is 0 Å². The van der Waals surface area contributed by atoms with E-state index in [9.17, 15) is 14.4 Å². The van der Waals surface area contributed by atoms with Crippen molar-refractivity contribution in [3.05, 3.63) is 85.1 Å². The molecule has 0 heterocycles. The number of ether oxygens (including phenoxy) is 3. The Labute approximate surface area is 458 Å². The predicted molar refractivity (Wildman–Crippen MR) is 321 cm³/mol. The molecular weight excluding hydrogens is 913 g/mol. The minimum atomic E-state index is -0.774. The van der Waals surface area contributed by atoms with Gasteiger partial charge in [-0.15, -0.1) is 0 Å². The Morgan fingerprint density at radius 1 is 0.284 bits per heavy atom. The monoisotopic (exact) mass is 1030 g/mol. The largest absolute Gasteiger partial charge is 0.462 e. The van der Waals surface area contributed by atoms with Crippen molar-refractivity contribution < 1.29 is 28.6 Å². The minimum absolute atomic E-state index is 0.0762. The lowest BCUT2D eigenvalue weighted by Gasteiger charge is -2.18. The van der Waals surface area contributed by atoms with Crippen molar-refractivity contribution in [2.75, 3.05) is 13.2 Å². The second-order valence-electron chi connectivity index (χ2n) is 20.9. The second-order valence-corrected chi connectivity index (χ2v) is 20.9. The lowest BCUT2D eigenvalue weighted by atomic mass is 10.0. The normalized spacial score (nSPS) is 12.6. The van der Waals surface area contributed by atoms with Crippen LogP contribution in [0, 0.1) is 0 Å². The van der Waals surface area contributed by atoms with Gasteiger partial charge in [0.1, 0.15) is 13.2 Å². The van der Waals surface area contributed by atoms with Crippen LogP contribution in [0.2, 0.25) is 0 Å². The molecule has 0 rings (SSSR count). The Bertz CT molecular complexity index is 1420. The maximum atomic E-state index is 12.8. The lowest BCUT2D eigenvalue weighted by molar-refractivity contribution is -0.167. The molecule has 0 aliphatic rings. The first-order valence-corrected chi connectivity index (χ1v) is 31.6. The molecule has 0 aliphatic heterocycles. The number of unbranched alkanes of at least 4 members (excludes halogenated alkanes) is 32. The molecule has 0 aliphatic carbocycles. The highest BCUT2D eigenvalue weighted by Gasteiger charge is 2.19. The van der Waals surface area contributed by atoms with Gasteiger partial charge in [-0.3, -0.25) is 14.4 Å². The van der Waals surface area contributed by atoms with Gasteiger partial charge in [0.15, 0.2) is 6.10 Å². The van der Waals surface area contributed by atoms with Crippen molar-refractivity contribution in [2.45, 2.75) is 316 Å². The maximum absolute atomic E-state index is 12.8. The van der Waals surface area contributed by atoms with E-state index in [-0.39, 0.29) is 31.1 Å². The highest BCUT2D eigenvalue weighted by Crippen LogP contribution is 2.16. The van der Waals surface area contributed by atoms with Gasteiger partial charge >= 0.3 is 17.9 Å². The molecule has 0 spiro atoms. The van der Waals surface area contributed by atoms with E-state index < -0.39 is 6.10 Å². The van der Waals surface area contributed by atoms with Crippen LogP contribution in [-0.4, -0.2) is 37.2 Å². The molecule has 0 saturated carbocycles. The van der Waals surface area contributed by atoms with E-state index in [1.807, 2.05) is 0 Å². The Morgan fingerprint density at radius 2 is 0.527 bits per heavy atom. The van der Waals surface area contributed by atoms with E-state index in [2.05, 4.69) is 106 Å². The van der Waals surface area contributed by atoms with Gasteiger partial charge in [-0.1, -0.05) is 279 Å². The summed E-state index contributed by atoms with van der Waals surface area (Å²) in [5.41, 5.74) is 0. The van der Waals surface area contributed by atoms with Crippen molar-refractivity contribution in [3.63, 3.8) is 0 Å². The van der Waals surface area contributed by atoms with Crippen LogP contribution < -0.4 is 0 Å². The highest BCUT2D eigenvalue weighted by molar-refractivity contribution is 5.71. The van der Waals surface area contributed by atoms with Crippen LogP contribution in [0.4, 0.5) is 0 Å². The van der Waals surface area contributed by atoms with E-state index in [4.69, 9.17) is 14.2 Å². The quantitative estimate of drug-likeness (QED) is 0.0261. The first kappa shape index (κ1) is 70.6. The van der Waals surface area contributed by atoms with Crippen molar-refractivity contribution in [1.82, 2.24) is 0 Å². The van der Waals surface area contributed by atoms with Crippen LogP contribution in [-0.2, 0) is 28.6 Å². The summed E-state index contributed by atoms with van der Waals surface area (Å²) in [6.07, 6.45) is 82.2. The predicted octanol–water partition coefficient (Wildman–Crippen LogP) is 21.5. The van der Waals surface area contributed by atoms with Gasteiger partial charge in [-0.05, 0) is 96.3 Å². The summed E-state index contributed by atoms with van der Waals surface area (Å²) in [6, 6.07) is 0. The van der Waals surface area contributed by atoms with Crippen molar-refractivity contribution in [1.29, 1.82) is 0 Å². The van der Waals surface area contributed by atoms with Crippen molar-refractivity contribution in [2.24, 2.45) is 0 Å². The third-order valence-corrected chi connectivity index (χ3v) is 13.6. The third kappa shape index (κ3) is 59.5. The van der Waals surface area contributed by atoms with Gasteiger partial charge in [-0.25, -0.2) is 0 Å². The molecule has 0 aromatic rings. The van der Waals surface area contributed by atoms with Crippen LogP contribution in [0.3, 0.4) is 0 Å². The summed E-state index contributed by atoms with van der Waals surface area (Å²) in [4.78, 5) is 37.8. The number of allylic oxidation sites excluding steroid dienone is 14. The zero-order valence-corrected chi connectivity index (χ0v) is 48.8. The number of rotatable bonds is 57. The number of hydrogen-bond acceptors (Lipinski definition) is 6. The summed E-state index contributed by atoms with van der Waals surface area (Å²) in [5.74, 6) is -0.889. The topological polar surface area (TPSA) is 78.9 Å². The summed E-state index contributed by atoms with van der Waals surface area (Å²) in [7, 11) is 0. The first-order valence-electron chi connectivity index (χ1n) is 31.6. The van der Waals surface area contributed by atoms with E-state index in [0.717, 1.165) is 109 Å². The number of hydrogen-bond donors (Lipinski definition) is 0. The molecule has 0 aromatic carbocycles. The summed E-state index contributed by atoms with van der Waals surface area (Å²) < 4.78 is 16.7. The molecule has 0 N–H and O–H groups in total. The number of esters is 3. The molecule has 0 bridgehead atoms. The van der Waals surface area contributed by atoms with E-state index in [0.29, 0.717) is 19.3 Å². The van der Waals surface area contributed by atoms with Gasteiger partial charge < -0.3 is 14.2 Å². The summed E-state index contributed by atoms with van der Waals surface area (Å²) in [6.45, 7) is 6.45. The van der Waals surface area contributed by atoms with Gasteiger partial charge in [-0.2, -0.15) is 0 Å². The standard InChI is InChI=1S/C68H118O6/c1-4-7-10-13-15-17-19-21-23-25-26-27-28-29-30-31-32-33-34-35-36-37-38-39-40-41-42-43-45-46-48-50-52-55-58-61-67(70)73-64-65(63-72-66(69)60-57-54-12-9-6-3)74-68(71)62-59-56-53-51-49-47-44-24-22-20-18-16-14-11-8-5-2/h7,10,15,17,21,23-24,26-27,29-30,32-33,44,65H,4-6,8-9,11-14,16,18-20,22,25,28,31,34-43,45-64H2,1-3H3/b10-7-,17-15-,23-21-,27-26-,30-29-,33-32-,44-24-. The molecule has 0 aromatic heterocycles. The minimum Gasteiger partial charge on any atom is -0.462 e. The highest BCUT2D eigenvalue weighted by atomic mass is 16.6. The fourth-order valence-corrected chi connectivity index (χ4v) is 8.91. The van der Waals surface area contributed by atoms with Crippen LogP contribution in [0.15, 0.2) is 85.1 Å². The van der Waals surface area contributed by atoms with Crippen molar-refractivity contribution >= 4 is 17.9 Å². The fourth-order valence-electron chi connectivity index (χ4n) is 8.91. The number of carbonyl (C=O) groups is 3. The molecule has 6 heteroatoms. The molecule has 0 amide bonds. The van der Waals surface area contributed by atoms with Gasteiger partial charge in [0.2, 0.25) is 0 Å². The second kappa shape index (κ2) is 62.1. The van der Waals surface area contributed by atoms with Gasteiger partial charge in [0, 0.05) is 19.3 Å². The molecule has 74 heavy (non-hydrogen) atoms. The zero-order chi connectivity index (χ0) is 53.6. The number of carbonyl (C=O) groups excluding carboxylic acids is 3. The SMILES string of the molecule is CC/C=C\C/C=C\C/C=C\C/C=C\C/C=C\C/C=C\CCCCCCCCCCCCCCCCCCC(=O)OCC(COC(=O)CCCCCCC)OC(=O)CCCCCCC/C=C\CCCCCCCCC. The molecule has 1 unspecified atom stereocenters. The maximum Gasteiger partial charge on any atom is 0.306 e. The molecule has 0 fully saturated rings. The average molecular weight is 1030 g/mol. The summed E-state index contributed by atoms with van der Waals surface area (Å²) >= 11 is 0. The van der Waals surface area contributed by atoms with E-state index in [1.54, 1.807) is 0 Å². The molecular formula is C68H118O6. The van der Waals surface area contributed by atoms with Crippen LogP contribution in [0.1, 0.15) is 310 Å². The first-order chi connectivity index (χ1) is 36.5. The summed E-state index contributed by atoms with van der Waals surface area (Å²) in [5, 5.41) is 0. The van der Waals surface area contributed by atoms with Gasteiger partial charge in [0.05, 0.1) is 0 Å². The smallest absolute Gasteiger partial charge is 0.306 e. The molecule has 0 radical (unpaired) electrons. The molecule has 0 saturated heterocycles. The Morgan fingerprint density at radius 3 is 0.838 bits per heavy atom. The average Bonchev–Trinajstić information content (AvgIpc) is 3.40. The molecule has 1 atom stereocenters. The molecule has 426 valence electrons. The Balaban J connectivity index is 3.94. The zero-order valence-electron chi connectivity index (χ0n) is 48.8. The lowest BCUT2D eigenvalue weighted by Crippen LogP contribution is -2.30. The Kier molecular flexibility index (Phi) is 59.3. The molecule has 6 nitrogen and oxygen atoms in total. The van der Waals surface area contributed by atoms with Gasteiger partial charge in [0.25, 0.3) is 0 Å².